The zero-order valence-electron chi connectivity index (χ0n) is 11.9. The van der Waals surface area contributed by atoms with Crippen LogP contribution in [0.5, 0.6) is 5.75 Å². The quantitative estimate of drug-likeness (QED) is 0.584. The number of hydrogen-bond donors (Lipinski definition) is 2. The first-order valence-corrected chi connectivity index (χ1v) is 6.98. The van der Waals surface area contributed by atoms with Crippen molar-refractivity contribution in [3.63, 3.8) is 0 Å². The average Bonchev–Trinajstić information content (AvgIpc) is 3.29. The summed E-state index contributed by atoms with van der Waals surface area (Å²) in [5, 5.41) is 13.7. The molecular formula is C14H19N3O4. The summed E-state index contributed by atoms with van der Waals surface area (Å²) in [6, 6.07) is 4.23. The molecule has 21 heavy (non-hydrogen) atoms. The molecule has 2 rings (SSSR count). The Morgan fingerprint density at radius 1 is 1.57 bits per heavy atom. The lowest BCUT2D eigenvalue weighted by molar-refractivity contribution is -0.385. The summed E-state index contributed by atoms with van der Waals surface area (Å²) in [6.45, 7) is 2.31. The first-order valence-electron chi connectivity index (χ1n) is 6.98. The van der Waals surface area contributed by atoms with E-state index in [0.29, 0.717) is 12.5 Å². The Hall–Kier alpha value is -2.15. The largest absolute Gasteiger partial charge is 0.487 e. The van der Waals surface area contributed by atoms with Crippen LogP contribution >= 0.6 is 0 Å². The van der Waals surface area contributed by atoms with Gasteiger partial charge in [0, 0.05) is 18.7 Å². The number of amides is 1. The van der Waals surface area contributed by atoms with Gasteiger partial charge in [0.2, 0.25) is 5.75 Å². The van der Waals surface area contributed by atoms with Gasteiger partial charge < -0.3 is 15.8 Å². The summed E-state index contributed by atoms with van der Waals surface area (Å²) in [5.41, 5.74) is 5.88. The lowest BCUT2D eigenvalue weighted by atomic mass is 10.1. The third-order valence-electron chi connectivity index (χ3n) is 3.45. The van der Waals surface area contributed by atoms with Crippen molar-refractivity contribution >= 4 is 11.6 Å². The second-order valence-electron chi connectivity index (χ2n) is 5.06. The number of hydrogen-bond acceptors (Lipinski definition) is 5. The van der Waals surface area contributed by atoms with Crippen molar-refractivity contribution in [2.24, 2.45) is 11.7 Å². The van der Waals surface area contributed by atoms with Crippen molar-refractivity contribution in [3.8, 4) is 5.75 Å². The van der Waals surface area contributed by atoms with Gasteiger partial charge in [-0.3, -0.25) is 14.9 Å². The molecule has 3 N–H and O–H groups in total. The van der Waals surface area contributed by atoms with E-state index in [1.807, 2.05) is 0 Å². The topological polar surface area (TPSA) is 107 Å². The van der Waals surface area contributed by atoms with Crippen molar-refractivity contribution in [2.75, 3.05) is 13.2 Å². The van der Waals surface area contributed by atoms with Crippen LogP contribution in [0.4, 0.5) is 5.69 Å². The molecule has 0 aromatic heterocycles. The average molecular weight is 293 g/mol. The monoisotopic (exact) mass is 293 g/mol. The number of nitro groups is 1. The van der Waals surface area contributed by atoms with Crippen molar-refractivity contribution in [1.82, 2.24) is 5.32 Å². The van der Waals surface area contributed by atoms with Crippen LogP contribution in [0.25, 0.3) is 0 Å². The van der Waals surface area contributed by atoms with Gasteiger partial charge in [0.05, 0.1) is 17.1 Å². The number of para-hydroxylation sites is 1. The highest BCUT2D eigenvalue weighted by Crippen LogP contribution is 2.32. The van der Waals surface area contributed by atoms with Crippen LogP contribution < -0.4 is 15.8 Å². The summed E-state index contributed by atoms with van der Waals surface area (Å²) in [6.07, 6.45) is 2.19. The molecule has 0 aliphatic heterocycles. The normalized spacial score (nSPS) is 15.3. The number of nitrogens with zero attached hydrogens (tertiary/aromatic N) is 1. The van der Waals surface area contributed by atoms with E-state index in [0.717, 1.165) is 12.8 Å². The molecule has 1 aliphatic carbocycles. The number of benzene rings is 1. The molecule has 1 aliphatic rings. The zero-order chi connectivity index (χ0) is 15.4. The van der Waals surface area contributed by atoms with Gasteiger partial charge in [-0.15, -0.1) is 0 Å². The maximum atomic E-state index is 12.2. The number of nitro benzene ring substituents is 1. The van der Waals surface area contributed by atoms with Gasteiger partial charge in [0.25, 0.3) is 5.91 Å². The number of nitrogens with two attached hydrogens (primary N) is 1. The van der Waals surface area contributed by atoms with Crippen LogP contribution in [0.1, 0.15) is 30.1 Å². The lowest BCUT2D eigenvalue weighted by Gasteiger charge is -2.13. The summed E-state index contributed by atoms with van der Waals surface area (Å²) >= 11 is 0. The minimum atomic E-state index is -0.558. The lowest BCUT2D eigenvalue weighted by Crippen LogP contribution is -2.38. The minimum absolute atomic E-state index is 0.00231. The van der Waals surface area contributed by atoms with Crippen LogP contribution in [0, 0.1) is 16.0 Å². The Kier molecular flexibility index (Phi) is 4.74. The number of nitrogens with one attached hydrogen (secondary N) is 1. The van der Waals surface area contributed by atoms with Gasteiger partial charge in [-0.1, -0.05) is 6.07 Å². The molecule has 0 heterocycles. The molecule has 7 heteroatoms. The summed E-state index contributed by atoms with van der Waals surface area (Å²) < 4.78 is 5.28. The molecule has 0 bridgehead atoms. The number of rotatable bonds is 7. The Balaban J connectivity index is 2.14. The smallest absolute Gasteiger partial charge is 0.311 e. The van der Waals surface area contributed by atoms with Crippen molar-refractivity contribution in [1.29, 1.82) is 0 Å². The van der Waals surface area contributed by atoms with Gasteiger partial charge >= 0.3 is 5.69 Å². The van der Waals surface area contributed by atoms with E-state index in [4.69, 9.17) is 10.5 Å². The van der Waals surface area contributed by atoms with Crippen LogP contribution in [0.15, 0.2) is 18.2 Å². The molecule has 0 radical (unpaired) electrons. The first-order chi connectivity index (χ1) is 10.0. The molecule has 1 aromatic carbocycles. The van der Waals surface area contributed by atoms with Gasteiger partial charge in [-0.25, -0.2) is 0 Å². The maximum Gasteiger partial charge on any atom is 0.311 e. The first kappa shape index (κ1) is 15.2. The molecular weight excluding hydrogens is 274 g/mol. The van der Waals surface area contributed by atoms with E-state index in [-0.39, 0.29) is 29.6 Å². The maximum absolute atomic E-state index is 12.2. The standard InChI is InChI=1S/C14H19N3O4/c1-2-21-13-10(4-3-5-12(13)17(19)20)14(18)16-8-11(15)9-6-7-9/h3-5,9,11H,2,6-8,15H2,1H3,(H,16,18). The van der Waals surface area contributed by atoms with Crippen LogP contribution in [-0.2, 0) is 0 Å². The molecule has 1 amide bonds. The molecule has 0 spiro atoms. The molecule has 1 unspecified atom stereocenters. The predicted octanol–water partition coefficient (Wildman–Crippen LogP) is 1.46. The number of ether oxygens (including phenoxy) is 1. The second kappa shape index (κ2) is 6.53. The summed E-state index contributed by atoms with van der Waals surface area (Å²) in [5.74, 6) is 0.0718. The van der Waals surface area contributed by atoms with Crippen molar-refractivity contribution in [2.45, 2.75) is 25.8 Å². The van der Waals surface area contributed by atoms with Gasteiger partial charge in [0.15, 0.2) is 0 Å². The van der Waals surface area contributed by atoms with Crippen LogP contribution in [-0.4, -0.2) is 30.0 Å². The van der Waals surface area contributed by atoms with E-state index in [2.05, 4.69) is 5.32 Å². The number of carbonyl (C=O) groups is 1. The van der Waals surface area contributed by atoms with E-state index in [1.165, 1.54) is 18.2 Å². The molecule has 0 saturated heterocycles. The van der Waals surface area contributed by atoms with Crippen molar-refractivity contribution < 1.29 is 14.5 Å². The Morgan fingerprint density at radius 2 is 2.29 bits per heavy atom. The number of carbonyl (C=O) groups excluding carboxylic acids is 1. The van der Waals surface area contributed by atoms with Gasteiger partial charge in [-0.05, 0) is 31.7 Å². The van der Waals surface area contributed by atoms with E-state index >= 15 is 0 Å². The minimum Gasteiger partial charge on any atom is -0.487 e. The Morgan fingerprint density at radius 3 is 2.86 bits per heavy atom. The highest BCUT2D eigenvalue weighted by molar-refractivity contribution is 5.98. The van der Waals surface area contributed by atoms with E-state index in [1.54, 1.807) is 6.92 Å². The molecule has 7 nitrogen and oxygen atoms in total. The Bertz CT molecular complexity index is 543. The van der Waals surface area contributed by atoms with Gasteiger partial charge in [0.1, 0.15) is 0 Å². The Labute approximate surface area is 122 Å². The molecule has 114 valence electrons. The second-order valence-corrected chi connectivity index (χ2v) is 5.06. The van der Waals surface area contributed by atoms with Crippen molar-refractivity contribution in [3.05, 3.63) is 33.9 Å². The SMILES string of the molecule is CCOc1c(C(=O)NCC(N)C2CC2)cccc1[N+](=O)[O-]. The summed E-state index contributed by atoms with van der Waals surface area (Å²) in [7, 11) is 0. The fourth-order valence-electron chi connectivity index (χ4n) is 2.14. The fraction of sp³-hybridized carbons (Fsp3) is 0.500. The van der Waals surface area contributed by atoms with Crippen LogP contribution in [0.2, 0.25) is 0 Å². The molecule has 1 aromatic rings. The summed E-state index contributed by atoms with van der Waals surface area (Å²) in [4.78, 5) is 22.6. The highest BCUT2D eigenvalue weighted by Gasteiger charge is 2.29. The molecule has 1 atom stereocenters. The fourth-order valence-corrected chi connectivity index (χ4v) is 2.14. The predicted molar refractivity (Wildman–Crippen MR) is 77.3 cm³/mol. The van der Waals surface area contributed by atoms with Gasteiger partial charge in [-0.2, -0.15) is 0 Å². The third kappa shape index (κ3) is 3.69. The van der Waals surface area contributed by atoms with Crippen LogP contribution in [0.3, 0.4) is 0 Å². The molecule has 1 fully saturated rings. The van der Waals surface area contributed by atoms with E-state index < -0.39 is 10.8 Å². The molecule has 1 saturated carbocycles. The van der Waals surface area contributed by atoms with E-state index in [9.17, 15) is 14.9 Å². The third-order valence-corrected chi connectivity index (χ3v) is 3.45. The zero-order valence-corrected chi connectivity index (χ0v) is 11.9. The highest BCUT2D eigenvalue weighted by atomic mass is 16.6.